The minimum atomic E-state index is -0.366. The highest BCUT2D eigenvalue weighted by Gasteiger charge is 2.15. The molecule has 1 heterocycles. The van der Waals surface area contributed by atoms with Crippen molar-refractivity contribution in [1.29, 1.82) is 0 Å². The molecule has 8 heteroatoms. The van der Waals surface area contributed by atoms with Gasteiger partial charge >= 0.3 is 0 Å². The number of benzene rings is 2. The van der Waals surface area contributed by atoms with Crippen molar-refractivity contribution in [3.63, 3.8) is 0 Å². The van der Waals surface area contributed by atoms with Gasteiger partial charge in [-0.3, -0.25) is 4.79 Å². The van der Waals surface area contributed by atoms with Gasteiger partial charge in [0.2, 0.25) is 5.75 Å². The number of hydrogen-bond donors (Lipinski definition) is 2. The Morgan fingerprint density at radius 1 is 1.07 bits per heavy atom. The molecule has 3 rings (SSSR count). The number of rotatable bonds is 8. The molecule has 2 N–H and O–H groups in total. The quantitative estimate of drug-likeness (QED) is 0.449. The number of hydrazone groups is 1. The zero-order valence-electron chi connectivity index (χ0n) is 16.7. The zero-order chi connectivity index (χ0) is 20.8. The topological polar surface area (TPSA) is 94.2 Å². The summed E-state index contributed by atoms with van der Waals surface area (Å²) in [5, 5.41) is 4.91. The fourth-order valence-corrected chi connectivity index (χ4v) is 2.94. The van der Waals surface area contributed by atoms with E-state index < -0.39 is 0 Å². The Balaban J connectivity index is 1.77. The van der Waals surface area contributed by atoms with Crippen LogP contribution in [-0.4, -0.2) is 45.0 Å². The number of nitrogens with zero attached hydrogens (tertiary/aromatic N) is 1. The lowest BCUT2D eigenvalue weighted by Crippen LogP contribution is -2.18. The molecule has 0 aliphatic heterocycles. The first-order valence-corrected chi connectivity index (χ1v) is 8.99. The largest absolute Gasteiger partial charge is 0.494 e. The van der Waals surface area contributed by atoms with E-state index in [4.69, 9.17) is 18.9 Å². The van der Waals surface area contributed by atoms with Gasteiger partial charge in [0.15, 0.2) is 11.5 Å². The van der Waals surface area contributed by atoms with E-state index in [1.165, 1.54) is 20.4 Å². The predicted octanol–water partition coefficient (Wildman–Crippen LogP) is 3.36. The van der Waals surface area contributed by atoms with Gasteiger partial charge in [0.1, 0.15) is 11.4 Å². The molecule has 0 aliphatic carbocycles. The Labute approximate surface area is 168 Å². The van der Waals surface area contributed by atoms with E-state index in [0.717, 1.165) is 16.7 Å². The molecule has 1 amide bonds. The van der Waals surface area contributed by atoms with Gasteiger partial charge in [0.05, 0.1) is 34.2 Å². The smallest absolute Gasteiger partial charge is 0.287 e. The van der Waals surface area contributed by atoms with E-state index >= 15 is 0 Å². The highest BCUT2D eigenvalue weighted by Crippen LogP contribution is 2.38. The third-order valence-electron chi connectivity index (χ3n) is 4.25. The van der Waals surface area contributed by atoms with Gasteiger partial charge in [-0.15, -0.1) is 0 Å². The van der Waals surface area contributed by atoms with Crippen molar-refractivity contribution in [3.05, 3.63) is 47.7 Å². The van der Waals surface area contributed by atoms with Crippen LogP contribution in [0.15, 0.2) is 41.5 Å². The number of methoxy groups -OCH3 is 3. The molecule has 2 aromatic carbocycles. The third kappa shape index (κ3) is 4.26. The number of ether oxygens (including phenoxy) is 4. The molecule has 0 spiro atoms. The maximum absolute atomic E-state index is 12.4. The van der Waals surface area contributed by atoms with Gasteiger partial charge in [0, 0.05) is 16.5 Å². The van der Waals surface area contributed by atoms with Gasteiger partial charge in [-0.25, -0.2) is 5.43 Å². The van der Waals surface area contributed by atoms with E-state index in [1.807, 2.05) is 25.1 Å². The maximum atomic E-state index is 12.4. The fourth-order valence-electron chi connectivity index (χ4n) is 2.94. The molecule has 0 atom stereocenters. The number of aromatic nitrogens is 1. The highest BCUT2D eigenvalue weighted by atomic mass is 16.5. The summed E-state index contributed by atoms with van der Waals surface area (Å²) < 4.78 is 21.5. The normalized spacial score (nSPS) is 10.9. The van der Waals surface area contributed by atoms with Crippen LogP contribution in [0.5, 0.6) is 23.0 Å². The monoisotopic (exact) mass is 397 g/mol. The molecule has 0 saturated carbocycles. The van der Waals surface area contributed by atoms with Crippen LogP contribution in [0.25, 0.3) is 10.9 Å². The molecule has 0 unspecified atom stereocenters. The summed E-state index contributed by atoms with van der Waals surface area (Å²) >= 11 is 0. The van der Waals surface area contributed by atoms with Crippen molar-refractivity contribution < 1.29 is 23.7 Å². The first-order valence-electron chi connectivity index (χ1n) is 8.99. The number of aromatic amines is 1. The molecule has 0 aliphatic rings. The van der Waals surface area contributed by atoms with Gasteiger partial charge in [0.25, 0.3) is 5.91 Å². The number of amides is 1. The third-order valence-corrected chi connectivity index (χ3v) is 4.25. The standard InChI is InChI=1S/C21H23N3O5/c1-5-29-15-7-8-16-14(10-15)11-17(23-16)21(25)24-22-12-13-6-9-18(26-2)20(28-4)19(13)27-3/h6-12,23H,5H2,1-4H3,(H,24,25). The average molecular weight is 397 g/mol. The minimum Gasteiger partial charge on any atom is -0.494 e. The van der Waals surface area contributed by atoms with Crippen LogP contribution in [0, 0.1) is 0 Å². The molecule has 0 bridgehead atoms. The molecule has 0 saturated heterocycles. The van der Waals surface area contributed by atoms with E-state index in [0.29, 0.717) is 35.1 Å². The summed E-state index contributed by atoms with van der Waals surface area (Å²) in [6.45, 7) is 2.50. The Kier molecular flexibility index (Phi) is 6.23. The second kappa shape index (κ2) is 9.01. The van der Waals surface area contributed by atoms with Crippen LogP contribution >= 0.6 is 0 Å². The lowest BCUT2D eigenvalue weighted by molar-refractivity contribution is 0.0951. The molecular formula is C21H23N3O5. The molecule has 8 nitrogen and oxygen atoms in total. The Hall–Kier alpha value is -3.68. The molecule has 29 heavy (non-hydrogen) atoms. The highest BCUT2D eigenvalue weighted by molar-refractivity contribution is 5.98. The Bertz CT molecular complexity index is 1040. The van der Waals surface area contributed by atoms with Crippen LogP contribution in [0.1, 0.15) is 23.0 Å². The van der Waals surface area contributed by atoms with Crippen molar-refractivity contribution in [2.75, 3.05) is 27.9 Å². The van der Waals surface area contributed by atoms with Gasteiger partial charge in [-0.2, -0.15) is 5.10 Å². The molecule has 0 fully saturated rings. The summed E-state index contributed by atoms with van der Waals surface area (Å²) in [5.74, 6) is 1.83. The number of H-pyrrole nitrogens is 1. The summed E-state index contributed by atoms with van der Waals surface area (Å²) in [5.41, 5.74) is 4.36. The van der Waals surface area contributed by atoms with Crippen molar-refractivity contribution in [3.8, 4) is 23.0 Å². The number of carbonyl (C=O) groups excluding carboxylic acids is 1. The summed E-state index contributed by atoms with van der Waals surface area (Å²) in [7, 11) is 4.59. The van der Waals surface area contributed by atoms with Crippen molar-refractivity contribution >= 4 is 23.0 Å². The zero-order valence-corrected chi connectivity index (χ0v) is 16.7. The van der Waals surface area contributed by atoms with Crippen LogP contribution in [0.4, 0.5) is 0 Å². The number of carbonyl (C=O) groups is 1. The SMILES string of the molecule is CCOc1ccc2[nH]c(C(=O)NN=Cc3ccc(OC)c(OC)c3OC)cc2c1. The van der Waals surface area contributed by atoms with Crippen LogP contribution in [0.2, 0.25) is 0 Å². The van der Waals surface area contributed by atoms with E-state index in [1.54, 1.807) is 25.3 Å². The number of fused-ring (bicyclic) bond motifs is 1. The summed E-state index contributed by atoms with van der Waals surface area (Å²) in [4.78, 5) is 15.5. The van der Waals surface area contributed by atoms with Crippen LogP contribution in [0.3, 0.4) is 0 Å². The lowest BCUT2D eigenvalue weighted by atomic mass is 10.2. The summed E-state index contributed by atoms with van der Waals surface area (Å²) in [6.07, 6.45) is 1.48. The van der Waals surface area contributed by atoms with E-state index in [9.17, 15) is 4.79 Å². The lowest BCUT2D eigenvalue weighted by Gasteiger charge is -2.13. The Morgan fingerprint density at radius 3 is 2.55 bits per heavy atom. The second-order valence-corrected chi connectivity index (χ2v) is 5.99. The van der Waals surface area contributed by atoms with Crippen molar-refractivity contribution in [2.24, 2.45) is 5.10 Å². The minimum absolute atomic E-state index is 0.366. The Morgan fingerprint density at radius 2 is 1.86 bits per heavy atom. The fraction of sp³-hybridized carbons (Fsp3) is 0.238. The van der Waals surface area contributed by atoms with Crippen molar-refractivity contribution in [1.82, 2.24) is 10.4 Å². The molecule has 1 aromatic heterocycles. The molecule has 0 radical (unpaired) electrons. The first-order chi connectivity index (χ1) is 14.1. The van der Waals surface area contributed by atoms with Crippen LogP contribution < -0.4 is 24.4 Å². The molecule has 3 aromatic rings. The predicted molar refractivity (Wildman–Crippen MR) is 111 cm³/mol. The second-order valence-electron chi connectivity index (χ2n) is 5.99. The van der Waals surface area contributed by atoms with E-state index in [-0.39, 0.29) is 5.91 Å². The number of hydrogen-bond acceptors (Lipinski definition) is 6. The van der Waals surface area contributed by atoms with Crippen molar-refractivity contribution in [2.45, 2.75) is 6.92 Å². The molecule has 152 valence electrons. The molecular weight excluding hydrogens is 374 g/mol. The van der Waals surface area contributed by atoms with Gasteiger partial charge in [-0.05, 0) is 43.3 Å². The van der Waals surface area contributed by atoms with Gasteiger partial charge < -0.3 is 23.9 Å². The number of nitrogens with one attached hydrogen (secondary N) is 2. The average Bonchev–Trinajstić information content (AvgIpc) is 3.16. The summed E-state index contributed by atoms with van der Waals surface area (Å²) in [6, 6.07) is 10.8. The van der Waals surface area contributed by atoms with E-state index in [2.05, 4.69) is 15.5 Å². The maximum Gasteiger partial charge on any atom is 0.287 e. The van der Waals surface area contributed by atoms with Crippen LogP contribution in [-0.2, 0) is 0 Å². The first kappa shape index (κ1) is 20.1. The van der Waals surface area contributed by atoms with Gasteiger partial charge in [-0.1, -0.05) is 0 Å².